The number of carbonyl (C=O) groups is 1. The first-order valence-corrected chi connectivity index (χ1v) is 10.3. The smallest absolute Gasteiger partial charge is 0.295 e. The van der Waals surface area contributed by atoms with Gasteiger partial charge in [-0.1, -0.05) is 24.3 Å². The number of rotatable bonds is 4. The number of anilines is 1. The highest BCUT2D eigenvalue weighted by Gasteiger charge is 2.35. The molecule has 1 aliphatic rings. The maximum Gasteiger partial charge on any atom is 0.295 e. The summed E-state index contributed by atoms with van der Waals surface area (Å²) in [4.78, 5) is 12.4. The van der Waals surface area contributed by atoms with E-state index in [0.717, 1.165) is 11.1 Å². The fourth-order valence-corrected chi connectivity index (χ4v) is 3.86. The van der Waals surface area contributed by atoms with E-state index in [-0.39, 0.29) is 11.1 Å². The topological polar surface area (TPSA) is 132 Å². The minimum absolute atomic E-state index is 0.141. The second-order valence-electron chi connectivity index (χ2n) is 6.67. The first kappa shape index (κ1) is 19.7. The van der Waals surface area contributed by atoms with E-state index in [1.807, 2.05) is 6.07 Å². The van der Waals surface area contributed by atoms with Crippen LogP contribution in [0.5, 0.6) is 5.75 Å². The SMILES string of the molecule is CC1=NN(c2ccc3cc(O)cc(S(=O)(=O)O)c3c2)C(=O)C1N=Nc1ccccc1. The number of azo groups is 1. The van der Waals surface area contributed by atoms with Crippen molar-refractivity contribution in [1.82, 2.24) is 0 Å². The minimum Gasteiger partial charge on any atom is -0.508 e. The Labute approximate surface area is 171 Å². The summed E-state index contributed by atoms with van der Waals surface area (Å²) in [6.07, 6.45) is 0. The molecule has 0 saturated carbocycles. The molecule has 0 radical (unpaired) electrons. The summed E-state index contributed by atoms with van der Waals surface area (Å²) in [5, 5.41) is 23.8. The summed E-state index contributed by atoms with van der Waals surface area (Å²) < 4.78 is 33.0. The van der Waals surface area contributed by atoms with E-state index in [4.69, 9.17) is 0 Å². The van der Waals surface area contributed by atoms with E-state index < -0.39 is 27.0 Å². The fourth-order valence-electron chi connectivity index (χ4n) is 3.13. The van der Waals surface area contributed by atoms with Crippen molar-refractivity contribution in [2.45, 2.75) is 17.9 Å². The maximum absolute atomic E-state index is 12.9. The normalized spacial score (nSPS) is 17.1. The molecule has 152 valence electrons. The van der Waals surface area contributed by atoms with Gasteiger partial charge in [-0.15, -0.1) is 0 Å². The monoisotopic (exact) mass is 424 g/mol. The van der Waals surface area contributed by atoms with Crippen molar-refractivity contribution >= 4 is 43.9 Å². The van der Waals surface area contributed by atoms with E-state index in [2.05, 4.69) is 15.3 Å². The summed E-state index contributed by atoms with van der Waals surface area (Å²) in [6, 6.07) is 14.8. The number of aromatic hydroxyl groups is 1. The molecule has 0 spiro atoms. The molecular formula is C20H16N4O5S. The van der Waals surface area contributed by atoms with Crippen molar-refractivity contribution in [3.8, 4) is 5.75 Å². The third-order valence-corrected chi connectivity index (χ3v) is 5.44. The molecule has 1 heterocycles. The zero-order valence-corrected chi connectivity index (χ0v) is 16.5. The number of nitrogens with zero attached hydrogens (tertiary/aromatic N) is 4. The van der Waals surface area contributed by atoms with Crippen LogP contribution in [0.25, 0.3) is 10.8 Å². The van der Waals surface area contributed by atoms with Crippen molar-refractivity contribution in [1.29, 1.82) is 0 Å². The maximum atomic E-state index is 12.9. The molecule has 0 bridgehead atoms. The van der Waals surface area contributed by atoms with Crippen LogP contribution in [0.3, 0.4) is 0 Å². The van der Waals surface area contributed by atoms with Gasteiger partial charge < -0.3 is 5.11 Å². The predicted molar refractivity (Wildman–Crippen MR) is 111 cm³/mol. The van der Waals surface area contributed by atoms with Crippen molar-refractivity contribution in [3.05, 3.63) is 60.7 Å². The molecule has 1 aliphatic heterocycles. The van der Waals surface area contributed by atoms with Gasteiger partial charge in [0, 0.05) is 11.5 Å². The number of hydrogen-bond donors (Lipinski definition) is 2. The van der Waals surface area contributed by atoms with Crippen LogP contribution in [-0.4, -0.2) is 35.7 Å². The molecule has 3 aromatic carbocycles. The number of hydrogen-bond acceptors (Lipinski definition) is 7. The molecule has 0 aliphatic carbocycles. The molecule has 1 unspecified atom stereocenters. The molecule has 9 nitrogen and oxygen atoms in total. The van der Waals surface area contributed by atoms with E-state index in [9.17, 15) is 22.9 Å². The average Bonchev–Trinajstić information content (AvgIpc) is 2.99. The molecule has 3 aromatic rings. The standard InChI is InChI=1S/C20H16N4O5S/c1-12-19(22-21-14-5-3-2-4-6-14)20(26)24(23-12)15-8-7-13-9-16(25)11-18(17(13)10-15)30(27,28)29/h2-11,19,25H,1H3,(H,27,28,29). The van der Waals surface area contributed by atoms with E-state index in [1.165, 1.54) is 18.2 Å². The number of phenols is 1. The minimum atomic E-state index is -4.60. The zero-order chi connectivity index (χ0) is 21.5. The second kappa shape index (κ2) is 7.32. The first-order valence-electron chi connectivity index (χ1n) is 8.83. The summed E-state index contributed by atoms with van der Waals surface area (Å²) in [5.41, 5.74) is 1.32. The Bertz CT molecular complexity index is 1320. The molecule has 30 heavy (non-hydrogen) atoms. The van der Waals surface area contributed by atoms with Gasteiger partial charge in [0.25, 0.3) is 16.0 Å². The predicted octanol–water partition coefficient (Wildman–Crippen LogP) is 3.67. The van der Waals surface area contributed by atoms with Crippen molar-refractivity contribution in [2.75, 3.05) is 5.01 Å². The van der Waals surface area contributed by atoms with Gasteiger partial charge in [-0.25, -0.2) is 0 Å². The molecule has 1 amide bonds. The van der Waals surface area contributed by atoms with Gasteiger partial charge in [-0.3, -0.25) is 9.35 Å². The molecule has 1 atom stereocenters. The van der Waals surface area contributed by atoms with Crippen LogP contribution in [0.1, 0.15) is 6.92 Å². The number of fused-ring (bicyclic) bond motifs is 1. The van der Waals surface area contributed by atoms with E-state index >= 15 is 0 Å². The molecule has 10 heteroatoms. The number of hydrazone groups is 1. The van der Waals surface area contributed by atoms with Crippen LogP contribution in [0.4, 0.5) is 11.4 Å². The number of phenolic OH excluding ortho intramolecular Hbond substituents is 1. The highest BCUT2D eigenvalue weighted by Crippen LogP contribution is 2.33. The van der Waals surface area contributed by atoms with Crippen LogP contribution in [0.15, 0.2) is 80.9 Å². The lowest BCUT2D eigenvalue weighted by Gasteiger charge is -2.14. The van der Waals surface area contributed by atoms with E-state index in [0.29, 0.717) is 22.5 Å². The summed E-state index contributed by atoms with van der Waals surface area (Å²) in [5.74, 6) is -0.755. The Kier molecular flexibility index (Phi) is 4.80. The van der Waals surface area contributed by atoms with Gasteiger partial charge in [0.1, 0.15) is 10.6 Å². The zero-order valence-electron chi connectivity index (χ0n) is 15.7. The van der Waals surface area contributed by atoms with Crippen LogP contribution in [0, 0.1) is 0 Å². The lowest BCUT2D eigenvalue weighted by Crippen LogP contribution is -2.29. The Balaban J connectivity index is 1.72. The molecule has 4 rings (SSSR count). The van der Waals surface area contributed by atoms with Gasteiger partial charge in [0.05, 0.1) is 17.1 Å². The molecule has 2 N–H and O–H groups in total. The summed E-state index contributed by atoms with van der Waals surface area (Å²) in [7, 11) is -4.60. The van der Waals surface area contributed by atoms with Gasteiger partial charge in [0.15, 0.2) is 6.04 Å². The van der Waals surface area contributed by atoms with Crippen molar-refractivity contribution < 1.29 is 22.9 Å². The van der Waals surface area contributed by atoms with Gasteiger partial charge in [-0.05, 0) is 42.6 Å². The molecule has 0 saturated heterocycles. The van der Waals surface area contributed by atoms with Crippen LogP contribution in [-0.2, 0) is 14.9 Å². The van der Waals surface area contributed by atoms with Crippen LogP contribution >= 0.6 is 0 Å². The Hall–Kier alpha value is -3.63. The number of benzene rings is 3. The third-order valence-electron chi connectivity index (χ3n) is 4.55. The Morgan fingerprint density at radius 3 is 2.50 bits per heavy atom. The largest absolute Gasteiger partial charge is 0.508 e. The van der Waals surface area contributed by atoms with Crippen LogP contribution < -0.4 is 5.01 Å². The van der Waals surface area contributed by atoms with Gasteiger partial charge >= 0.3 is 0 Å². The molecular weight excluding hydrogens is 408 g/mol. The van der Waals surface area contributed by atoms with Gasteiger partial charge in [0.2, 0.25) is 0 Å². The highest BCUT2D eigenvalue weighted by molar-refractivity contribution is 7.86. The quantitative estimate of drug-likeness (QED) is 0.487. The molecule has 0 fully saturated rings. The van der Waals surface area contributed by atoms with Crippen LogP contribution in [0.2, 0.25) is 0 Å². The third kappa shape index (κ3) is 3.65. The lowest BCUT2D eigenvalue weighted by atomic mass is 10.1. The number of amides is 1. The average molecular weight is 424 g/mol. The van der Waals surface area contributed by atoms with Crippen molar-refractivity contribution in [2.24, 2.45) is 15.3 Å². The van der Waals surface area contributed by atoms with Gasteiger partial charge in [-0.2, -0.15) is 28.8 Å². The Morgan fingerprint density at radius 1 is 1.07 bits per heavy atom. The number of carbonyl (C=O) groups excluding carboxylic acids is 1. The lowest BCUT2D eigenvalue weighted by molar-refractivity contribution is -0.117. The second-order valence-corrected chi connectivity index (χ2v) is 8.06. The van der Waals surface area contributed by atoms with Crippen molar-refractivity contribution in [3.63, 3.8) is 0 Å². The summed E-state index contributed by atoms with van der Waals surface area (Å²) in [6.45, 7) is 1.65. The first-order chi connectivity index (χ1) is 14.2. The Morgan fingerprint density at radius 2 is 1.80 bits per heavy atom. The van der Waals surface area contributed by atoms with E-state index in [1.54, 1.807) is 37.3 Å². The molecule has 0 aromatic heterocycles. The fraction of sp³-hybridized carbons (Fsp3) is 0.100. The summed E-state index contributed by atoms with van der Waals surface area (Å²) >= 11 is 0. The highest BCUT2D eigenvalue weighted by atomic mass is 32.2.